The Morgan fingerprint density at radius 2 is 2.10 bits per heavy atom. The van der Waals surface area contributed by atoms with Crippen molar-refractivity contribution in [3.8, 4) is 0 Å². The van der Waals surface area contributed by atoms with Crippen LogP contribution in [0.3, 0.4) is 0 Å². The minimum absolute atomic E-state index is 0. The summed E-state index contributed by atoms with van der Waals surface area (Å²) in [6.07, 6.45) is 5.71. The van der Waals surface area contributed by atoms with Crippen LogP contribution in [0.1, 0.15) is 31.0 Å². The Morgan fingerprint density at radius 1 is 1.35 bits per heavy atom. The van der Waals surface area contributed by atoms with E-state index < -0.39 is 6.67 Å². The molecule has 0 spiro atoms. The molecular weight excluding hydrogens is 281 g/mol. The van der Waals surface area contributed by atoms with Crippen molar-refractivity contribution in [2.75, 3.05) is 12.0 Å². The normalized spacial score (nSPS) is 10.7. The molecule has 0 saturated heterocycles. The van der Waals surface area contributed by atoms with Crippen molar-refractivity contribution in [3.05, 3.63) is 29.7 Å². The first-order chi connectivity index (χ1) is 9.10. The predicted octanol–water partition coefficient (Wildman–Crippen LogP) is 2.97. The number of alkyl halides is 1. The van der Waals surface area contributed by atoms with E-state index in [-0.39, 0.29) is 12.4 Å². The molecule has 0 unspecified atom stereocenters. The van der Waals surface area contributed by atoms with Crippen LogP contribution >= 0.6 is 12.4 Å². The number of halogens is 2. The zero-order valence-electron chi connectivity index (χ0n) is 12.0. The second kappa shape index (κ2) is 7.28. The summed E-state index contributed by atoms with van der Waals surface area (Å²) in [6, 6.07) is 0.360. The van der Waals surface area contributed by atoms with Crippen molar-refractivity contribution in [3.63, 3.8) is 0 Å². The summed E-state index contributed by atoms with van der Waals surface area (Å²) in [4.78, 5) is 0. The van der Waals surface area contributed by atoms with E-state index in [9.17, 15) is 4.39 Å². The number of hydrogen-bond acceptors (Lipinski definition) is 3. The zero-order valence-corrected chi connectivity index (χ0v) is 12.8. The minimum Gasteiger partial charge on any atom is -0.364 e. The van der Waals surface area contributed by atoms with E-state index in [1.54, 1.807) is 4.68 Å². The molecule has 0 aliphatic carbocycles. The van der Waals surface area contributed by atoms with Gasteiger partial charge in [-0.05, 0) is 20.8 Å². The van der Waals surface area contributed by atoms with E-state index >= 15 is 0 Å². The lowest BCUT2D eigenvalue weighted by molar-refractivity contribution is 0.427. The van der Waals surface area contributed by atoms with Crippen molar-refractivity contribution in [2.24, 2.45) is 0 Å². The molecule has 0 fully saturated rings. The standard InChI is InChI=1S/C13H20FN5.ClH/c1-10(2)19-9-12(7-16-19)6-15-13-11(3)8-18(17-13)5-4-14;/h7-10H,4-6H2,1-3H3,(H,15,17);1H. The smallest absolute Gasteiger partial charge is 0.151 e. The molecule has 2 aromatic heterocycles. The molecule has 112 valence electrons. The summed E-state index contributed by atoms with van der Waals surface area (Å²) in [5.41, 5.74) is 2.12. The fraction of sp³-hybridized carbons (Fsp3) is 0.538. The molecule has 0 aliphatic heterocycles. The average Bonchev–Trinajstić information content (AvgIpc) is 2.94. The van der Waals surface area contributed by atoms with Gasteiger partial charge < -0.3 is 5.32 Å². The van der Waals surface area contributed by atoms with E-state index in [1.165, 1.54) is 0 Å². The van der Waals surface area contributed by atoms with Crippen molar-refractivity contribution in [2.45, 2.75) is 39.9 Å². The predicted molar refractivity (Wildman–Crippen MR) is 80.1 cm³/mol. The first-order valence-corrected chi connectivity index (χ1v) is 6.47. The van der Waals surface area contributed by atoms with Gasteiger partial charge in [0.25, 0.3) is 0 Å². The highest BCUT2D eigenvalue weighted by molar-refractivity contribution is 5.85. The number of aromatic nitrogens is 4. The topological polar surface area (TPSA) is 47.7 Å². The summed E-state index contributed by atoms with van der Waals surface area (Å²) in [5, 5.41) is 11.8. The van der Waals surface area contributed by atoms with Crippen molar-refractivity contribution < 1.29 is 4.39 Å². The van der Waals surface area contributed by atoms with Gasteiger partial charge in [0.1, 0.15) is 6.67 Å². The van der Waals surface area contributed by atoms with Crippen LogP contribution in [0.4, 0.5) is 10.2 Å². The highest BCUT2D eigenvalue weighted by Gasteiger charge is 2.06. The van der Waals surface area contributed by atoms with Gasteiger partial charge in [0.05, 0.1) is 12.7 Å². The first-order valence-electron chi connectivity index (χ1n) is 6.47. The molecule has 2 heterocycles. The fourth-order valence-electron chi connectivity index (χ4n) is 1.83. The molecule has 0 saturated carbocycles. The molecule has 5 nitrogen and oxygen atoms in total. The summed E-state index contributed by atoms with van der Waals surface area (Å²) >= 11 is 0. The van der Waals surface area contributed by atoms with Gasteiger partial charge in [-0.25, -0.2) is 4.39 Å². The first kappa shape index (κ1) is 16.5. The Bertz CT molecular complexity index is 535. The van der Waals surface area contributed by atoms with Crippen LogP contribution < -0.4 is 5.32 Å². The monoisotopic (exact) mass is 301 g/mol. The second-order valence-electron chi connectivity index (χ2n) is 4.89. The van der Waals surface area contributed by atoms with Crippen LogP contribution in [0.15, 0.2) is 18.6 Å². The third-order valence-corrected chi connectivity index (χ3v) is 2.90. The quantitative estimate of drug-likeness (QED) is 0.892. The van der Waals surface area contributed by atoms with Gasteiger partial charge in [-0.15, -0.1) is 12.4 Å². The highest BCUT2D eigenvalue weighted by atomic mass is 35.5. The molecule has 2 aromatic rings. The van der Waals surface area contributed by atoms with Gasteiger partial charge in [0.15, 0.2) is 5.82 Å². The van der Waals surface area contributed by atoms with Crippen LogP contribution in [0.5, 0.6) is 0 Å². The summed E-state index contributed by atoms with van der Waals surface area (Å²) in [7, 11) is 0. The van der Waals surface area contributed by atoms with Crippen molar-refractivity contribution >= 4 is 18.2 Å². The third-order valence-electron chi connectivity index (χ3n) is 2.90. The maximum absolute atomic E-state index is 12.3. The molecule has 0 aliphatic rings. The number of anilines is 1. The molecule has 0 aromatic carbocycles. The molecule has 7 heteroatoms. The third kappa shape index (κ3) is 3.96. The molecule has 2 rings (SSSR count). The number of aryl methyl sites for hydroxylation is 2. The number of hydrogen-bond donors (Lipinski definition) is 1. The Balaban J connectivity index is 0.00000200. The van der Waals surface area contributed by atoms with Crippen molar-refractivity contribution in [1.29, 1.82) is 0 Å². The number of rotatable bonds is 6. The lowest BCUT2D eigenvalue weighted by Crippen LogP contribution is -2.04. The molecule has 20 heavy (non-hydrogen) atoms. The Hall–Kier alpha value is -1.56. The molecule has 0 atom stereocenters. The van der Waals surface area contributed by atoms with Crippen LogP contribution in [0.25, 0.3) is 0 Å². The van der Waals surface area contributed by atoms with Crippen LogP contribution in [0.2, 0.25) is 0 Å². The minimum atomic E-state index is -0.401. The summed E-state index contributed by atoms with van der Waals surface area (Å²) in [5.74, 6) is 0.797. The SMILES string of the molecule is Cc1cn(CCF)nc1NCc1cnn(C(C)C)c1.Cl. The van der Waals surface area contributed by atoms with Crippen molar-refractivity contribution in [1.82, 2.24) is 19.6 Å². The van der Waals surface area contributed by atoms with Gasteiger partial charge in [0.2, 0.25) is 0 Å². The lowest BCUT2D eigenvalue weighted by Gasteiger charge is -2.04. The molecule has 0 amide bonds. The van der Waals surface area contributed by atoms with Gasteiger partial charge in [-0.3, -0.25) is 9.36 Å². The molecular formula is C13H21ClFN5. The fourth-order valence-corrected chi connectivity index (χ4v) is 1.83. The number of nitrogens with zero attached hydrogens (tertiary/aromatic N) is 4. The van der Waals surface area contributed by atoms with Gasteiger partial charge in [-0.2, -0.15) is 10.2 Å². The summed E-state index contributed by atoms with van der Waals surface area (Å²) < 4.78 is 15.8. The maximum Gasteiger partial charge on any atom is 0.151 e. The second-order valence-corrected chi connectivity index (χ2v) is 4.89. The Kier molecular flexibility index (Phi) is 6.01. The Labute approximate surface area is 124 Å². The Morgan fingerprint density at radius 3 is 2.70 bits per heavy atom. The largest absolute Gasteiger partial charge is 0.364 e. The van der Waals surface area contributed by atoms with E-state index in [0.717, 1.165) is 16.9 Å². The zero-order chi connectivity index (χ0) is 13.8. The van der Waals surface area contributed by atoms with Crippen LogP contribution in [-0.2, 0) is 13.1 Å². The van der Waals surface area contributed by atoms with E-state index in [0.29, 0.717) is 19.1 Å². The molecule has 0 radical (unpaired) electrons. The van der Waals surface area contributed by atoms with Crippen LogP contribution in [-0.4, -0.2) is 26.2 Å². The number of nitrogens with one attached hydrogen (secondary N) is 1. The van der Waals surface area contributed by atoms with E-state index in [2.05, 4.69) is 29.4 Å². The summed E-state index contributed by atoms with van der Waals surface area (Å²) in [6.45, 7) is 6.71. The highest BCUT2D eigenvalue weighted by Crippen LogP contribution is 2.13. The molecule has 1 N–H and O–H groups in total. The van der Waals surface area contributed by atoms with E-state index in [1.807, 2.05) is 30.2 Å². The molecule has 0 bridgehead atoms. The average molecular weight is 302 g/mol. The maximum atomic E-state index is 12.3. The van der Waals surface area contributed by atoms with Gasteiger partial charge >= 0.3 is 0 Å². The van der Waals surface area contributed by atoms with Gasteiger partial charge in [0, 0.05) is 36.1 Å². The van der Waals surface area contributed by atoms with E-state index in [4.69, 9.17) is 0 Å². The van der Waals surface area contributed by atoms with Gasteiger partial charge in [-0.1, -0.05) is 0 Å². The van der Waals surface area contributed by atoms with Crippen LogP contribution in [0, 0.1) is 6.92 Å². The lowest BCUT2D eigenvalue weighted by atomic mass is 10.3.